The lowest BCUT2D eigenvalue weighted by Crippen LogP contribution is -2.34. The van der Waals surface area contributed by atoms with Gasteiger partial charge in [0.05, 0.1) is 16.7 Å². The predicted octanol–water partition coefficient (Wildman–Crippen LogP) is 1.29. The van der Waals surface area contributed by atoms with Crippen molar-refractivity contribution < 1.29 is 36.3 Å². The van der Waals surface area contributed by atoms with Crippen LogP contribution in [-0.2, 0) is 14.8 Å². The molecule has 1 aliphatic rings. The lowest BCUT2D eigenvalue weighted by atomic mass is 9.96. The average Bonchev–Trinajstić information content (AvgIpc) is 2.93. The van der Waals surface area contributed by atoms with Gasteiger partial charge in [0, 0.05) is 18.7 Å². The molecule has 2 atom stereocenters. The van der Waals surface area contributed by atoms with Crippen LogP contribution < -0.4 is 5.14 Å². The first-order valence-electron chi connectivity index (χ1n) is 7.46. The van der Waals surface area contributed by atoms with Crippen LogP contribution >= 0.6 is 0 Å². The van der Waals surface area contributed by atoms with Gasteiger partial charge in [-0.1, -0.05) is 0 Å². The Hall–Kier alpha value is -2.14. The second-order valence-electron chi connectivity index (χ2n) is 6.26. The van der Waals surface area contributed by atoms with Crippen molar-refractivity contribution in [3.8, 4) is 0 Å². The molecular formula is C15H17F3N2O5S. The molecule has 1 fully saturated rings. The van der Waals surface area contributed by atoms with Crippen LogP contribution in [0.1, 0.15) is 21.5 Å². The van der Waals surface area contributed by atoms with Crippen molar-refractivity contribution in [1.82, 2.24) is 4.90 Å². The molecule has 11 heteroatoms. The average molecular weight is 394 g/mol. The van der Waals surface area contributed by atoms with Crippen LogP contribution in [0.4, 0.5) is 13.2 Å². The van der Waals surface area contributed by atoms with Crippen molar-refractivity contribution in [3.63, 3.8) is 0 Å². The highest BCUT2D eigenvalue weighted by Gasteiger charge is 2.53. The lowest BCUT2D eigenvalue weighted by Gasteiger charge is -2.19. The highest BCUT2D eigenvalue weighted by atomic mass is 32.2. The van der Waals surface area contributed by atoms with E-state index in [0.717, 1.165) is 11.0 Å². The lowest BCUT2D eigenvalue weighted by molar-refractivity contribution is -0.187. The van der Waals surface area contributed by atoms with E-state index in [1.807, 2.05) is 0 Å². The Kier molecular flexibility index (Phi) is 5.08. The number of benzene rings is 1. The summed E-state index contributed by atoms with van der Waals surface area (Å²) in [6, 6.07) is 2.33. The van der Waals surface area contributed by atoms with Crippen LogP contribution in [0.15, 0.2) is 17.0 Å². The smallest absolute Gasteiger partial charge is 0.394 e. The van der Waals surface area contributed by atoms with Gasteiger partial charge >= 0.3 is 12.1 Å². The van der Waals surface area contributed by atoms with Gasteiger partial charge in [-0.05, 0) is 37.1 Å². The SMILES string of the molecule is Cc1cc(C(=O)N2C[C@@H](C(F)(F)F)[C@H](C(=O)O)C2)cc(S(N)(=O)=O)c1C. The van der Waals surface area contributed by atoms with Crippen LogP contribution in [-0.4, -0.2) is 49.6 Å². The summed E-state index contributed by atoms with van der Waals surface area (Å²) >= 11 is 0. The zero-order chi connectivity index (χ0) is 20.0. The van der Waals surface area contributed by atoms with Gasteiger partial charge in [0.15, 0.2) is 0 Å². The third-order valence-electron chi connectivity index (χ3n) is 4.52. The number of sulfonamides is 1. The van der Waals surface area contributed by atoms with Crippen molar-refractivity contribution in [3.05, 3.63) is 28.8 Å². The molecule has 0 bridgehead atoms. The van der Waals surface area contributed by atoms with E-state index in [-0.39, 0.29) is 10.5 Å². The fourth-order valence-corrected chi connectivity index (χ4v) is 3.86. The molecule has 3 N–H and O–H groups in total. The molecule has 1 saturated heterocycles. The number of nitrogens with two attached hydrogens (primary N) is 1. The van der Waals surface area contributed by atoms with Gasteiger partial charge in [-0.15, -0.1) is 0 Å². The molecular weight excluding hydrogens is 377 g/mol. The second-order valence-corrected chi connectivity index (χ2v) is 7.79. The van der Waals surface area contributed by atoms with Crippen LogP contribution in [0, 0.1) is 25.7 Å². The van der Waals surface area contributed by atoms with Crippen LogP contribution in [0.3, 0.4) is 0 Å². The zero-order valence-corrected chi connectivity index (χ0v) is 14.7. The standard InChI is InChI=1S/C15H17F3N2O5S/c1-7-3-9(4-12(8(7)2)26(19,24)25)13(21)20-5-10(14(22)23)11(6-20)15(16,17)18/h3-4,10-11H,5-6H2,1-2H3,(H,22,23)(H2,19,24,25)/t10-,11-/m1/s1. The van der Waals surface area contributed by atoms with Gasteiger partial charge in [-0.2, -0.15) is 13.2 Å². The van der Waals surface area contributed by atoms with E-state index in [0.29, 0.717) is 11.1 Å². The minimum absolute atomic E-state index is 0.163. The summed E-state index contributed by atoms with van der Waals surface area (Å²) in [5, 5.41) is 14.1. The highest BCUT2D eigenvalue weighted by molar-refractivity contribution is 7.89. The van der Waals surface area contributed by atoms with E-state index in [2.05, 4.69) is 0 Å². The van der Waals surface area contributed by atoms with E-state index in [4.69, 9.17) is 10.2 Å². The summed E-state index contributed by atoms with van der Waals surface area (Å²) in [5.74, 6) is -6.49. The summed E-state index contributed by atoms with van der Waals surface area (Å²) in [6.45, 7) is 1.59. The number of aliphatic carboxylic acids is 1. The molecule has 1 aliphatic heterocycles. The number of carboxylic acids is 1. The largest absolute Gasteiger partial charge is 0.481 e. The zero-order valence-electron chi connectivity index (χ0n) is 13.9. The van der Waals surface area contributed by atoms with Crippen LogP contribution in [0.5, 0.6) is 0 Å². The number of carbonyl (C=O) groups excluding carboxylic acids is 1. The van der Waals surface area contributed by atoms with E-state index < -0.39 is 53.0 Å². The van der Waals surface area contributed by atoms with Gasteiger partial charge in [-0.3, -0.25) is 9.59 Å². The molecule has 0 unspecified atom stereocenters. The van der Waals surface area contributed by atoms with Crippen molar-refractivity contribution in [1.29, 1.82) is 0 Å². The van der Waals surface area contributed by atoms with E-state index >= 15 is 0 Å². The number of hydrogen-bond acceptors (Lipinski definition) is 4. The number of halogens is 3. The number of aryl methyl sites for hydroxylation is 1. The first kappa shape index (κ1) is 20.2. The van der Waals surface area contributed by atoms with Gasteiger partial charge in [0.2, 0.25) is 10.0 Å². The molecule has 2 rings (SSSR count). The normalized spacial score (nSPS) is 21.1. The first-order chi connectivity index (χ1) is 11.7. The molecule has 26 heavy (non-hydrogen) atoms. The summed E-state index contributed by atoms with van der Waals surface area (Å²) in [7, 11) is -4.14. The Labute approximate surface area is 147 Å². The number of likely N-dealkylation sites (tertiary alicyclic amines) is 1. The maximum Gasteiger partial charge on any atom is 0.394 e. The number of carboxylic acid groups (broad SMARTS) is 1. The molecule has 1 amide bonds. The van der Waals surface area contributed by atoms with Gasteiger partial charge < -0.3 is 10.0 Å². The Bertz CT molecular complexity index is 867. The molecule has 0 aliphatic carbocycles. The number of rotatable bonds is 3. The fourth-order valence-electron chi connectivity index (χ4n) is 2.98. The van der Waals surface area contributed by atoms with Crippen molar-refractivity contribution in [2.45, 2.75) is 24.9 Å². The van der Waals surface area contributed by atoms with E-state index in [1.54, 1.807) is 0 Å². The summed E-state index contributed by atoms with van der Waals surface area (Å²) in [4.78, 5) is 24.1. The molecule has 1 aromatic rings. The molecule has 144 valence electrons. The maximum atomic E-state index is 13.1. The van der Waals surface area contributed by atoms with E-state index in [1.165, 1.54) is 19.9 Å². The molecule has 0 radical (unpaired) electrons. The number of carbonyl (C=O) groups is 2. The predicted molar refractivity (Wildman–Crippen MR) is 83.9 cm³/mol. The van der Waals surface area contributed by atoms with Crippen LogP contribution in [0.2, 0.25) is 0 Å². The van der Waals surface area contributed by atoms with E-state index in [9.17, 15) is 31.2 Å². The Morgan fingerprint density at radius 3 is 2.23 bits per heavy atom. The quantitative estimate of drug-likeness (QED) is 0.801. The highest BCUT2D eigenvalue weighted by Crippen LogP contribution is 2.38. The number of hydrogen-bond donors (Lipinski definition) is 2. The molecule has 1 heterocycles. The molecule has 0 saturated carbocycles. The molecule has 1 aromatic carbocycles. The second kappa shape index (κ2) is 6.54. The van der Waals surface area contributed by atoms with Gasteiger partial charge in [0.25, 0.3) is 5.91 Å². The first-order valence-corrected chi connectivity index (χ1v) is 9.01. The monoisotopic (exact) mass is 394 g/mol. The Morgan fingerprint density at radius 2 is 1.81 bits per heavy atom. The van der Waals surface area contributed by atoms with Gasteiger partial charge in [-0.25, -0.2) is 13.6 Å². The number of nitrogens with zero attached hydrogens (tertiary/aromatic N) is 1. The fraction of sp³-hybridized carbons (Fsp3) is 0.467. The Balaban J connectivity index is 2.41. The minimum atomic E-state index is -4.77. The summed E-state index contributed by atoms with van der Waals surface area (Å²) in [5.41, 5.74) is 0.576. The van der Waals surface area contributed by atoms with Crippen molar-refractivity contribution >= 4 is 21.9 Å². The third kappa shape index (κ3) is 3.83. The van der Waals surface area contributed by atoms with Gasteiger partial charge in [0.1, 0.15) is 0 Å². The number of alkyl halides is 3. The number of primary sulfonamides is 1. The molecule has 0 aromatic heterocycles. The third-order valence-corrected chi connectivity index (χ3v) is 5.55. The summed E-state index contributed by atoms with van der Waals surface area (Å²) in [6.07, 6.45) is -4.77. The molecule has 0 spiro atoms. The Morgan fingerprint density at radius 1 is 1.23 bits per heavy atom. The van der Waals surface area contributed by atoms with Crippen molar-refractivity contribution in [2.75, 3.05) is 13.1 Å². The maximum absolute atomic E-state index is 13.1. The summed E-state index contributed by atoms with van der Waals surface area (Å²) < 4.78 is 62.5. The topological polar surface area (TPSA) is 118 Å². The minimum Gasteiger partial charge on any atom is -0.481 e. The van der Waals surface area contributed by atoms with Crippen LogP contribution in [0.25, 0.3) is 0 Å². The molecule has 7 nitrogen and oxygen atoms in total. The number of amides is 1. The van der Waals surface area contributed by atoms with Crippen molar-refractivity contribution in [2.24, 2.45) is 17.0 Å².